The quantitative estimate of drug-likeness (QED) is 0.0186. The number of imidazole rings is 4. The first-order valence-corrected chi connectivity index (χ1v) is 42.0. The molecule has 53 nitrogen and oxygen atoms in total. The van der Waals surface area contributed by atoms with E-state index in [0.717, 1.165) is 0 Å². The number of aromatic amines is 6. The number of aliphatic carboxylic acids is 1. The first-order chi connectivity index (χ1) is 61.4. The Bertz CT molecular complexity index is 6400. The highest BCUT2D eigenvalue weighted by atomic mass is 16.4. The molecule has 6 amide bonds. The number of aryl methyl sites for hydroxylation is 2. The molecule has 0 aromatic carbocycles. The number of nitrogens with one attached hydrogen (secondary N) is 12. The number of aromatic nitrogens is 20. The number of hydrogen-bond donors (Lipinski definition) is 18. The molecule has 128 heavy (non-hydrogen) atoms. The van der Waals surface area contributed by atoms with Crippen molar-refractivity contribution < 1.29 is 38.7 Å². The Morgan fingerprint density at radius 2 is 0.570 bits per heavy atom. The molecule has 6 aliphatic heterocycles. The predicted octanol–water partition coefficient (Wildman–Crippen LogP) is -9.61. The van der Waals surface area contributed by atoms with Crippen molar-refractivity contribution in [3.8, 4) is 0 Å². The van der Waals surface area contributed by atoms with Gasteiger partial charge in [0.1, 0.15) is 0 Å². The van der Waals surface area contributed by atoms with Gasteiger partial charge in [0.05, 0.1) is 104 Å². The molecule has 0 unspecified atom stereocenters. The molecule has 0 bridgehead atoms. The fourth-order valence-electron chi connectivity index (χ4n) is 18.9. The van der Waals surface area contributed by atoms with Gasteiger partial charge < -0.3 is 83.9 Å². The third kappa shape index (κ3) is 18.0. The molecule has 10 aromatic rings. The van der Waals surface area contributed by atoms with Crippen LogP contribution in [0, 0.1) is 13.8 Å². The number of hydrogen-bond acceptors (Lipinski definition) is 34. The summed E-state index contributed by atoms with van der Waals surface area (Å²) >= 11 is 0. The predicted molar refractivity (Wildman–Crippen MR) is 456 cm³/mol. The van der Waals surface area contributed by atoms with Crippen LogP contribution in [0.1, 0.15) is 92.3 Å². The van der Waals surface area contributed by atoms with Crippen molar-refractivity contribution >= 4 is 110 Å². The van der Waals surface area contributed by atoms with Crippen molar-refractivity contribution in [3.63, 3.8) is 0 Å². The molecule has 6 saturated heterocycles. The zero-order valence-electron chi connectivity index (χ0n) is 69.7. The average Bonchev–Trinajstić information content (AvgIpc) is 1.64. The highest BCUT2D eigenvalue weighted by Crippen LogP contribution is 2.36. The molecule has 0 saturated carbocycles. The number of carbonyl (C=O) groups excluding carboxylic acids is 6. The van der Waals surface area contributed by atoms with E-state index in [1.807, 2.05) is 24.5 Å². The van der Waals surface area contributed by atoms with Crippen LogP contribution < -0.4 is 105 Å². The summed E-state index contributed by atoms with van der Waals surface area (Å²) in [6.45, 7) is 5.22. The molecule has 53 heteroatoms. The summed E-state index contributed by atoms with van der Waals surface area (Å²) < 4.78 is 9.45. The van der Waals surface area contributed by atoms with Crippen molar-refractivity contribution in [2.45, 2.75) is 131 Å². The summed E-state index contributed by atoms with van der Waals surface area (Å²) in [5, 5.41) is 27.3. The summed E-state index contributed by atoms with van der Waals surface area (Å²) in [5.74, 6) is -4.34. The van der Waals surface area contributed by atoms with Crippen LogP contribution in [-0.2, 0) is 33.6 Å². The molecule has 16 heterocycles. The van der Waals surface area contributed by atoms with Crippen LogP contribution in [0.2, 0.25) is 0 Å². The van der Waals surface area contributed by atoms with Gasteiger partial charge in [0.25, 0.3) is 33.4 Å². The van der Waals surface area contributed by atoms with Gasteiger partial charge in [0.2, 0.25) is 59.2 Å². The number of rotatable bonds is 32. The lowest BCUT2D eigenvalue weighted by Gasteiger charge is -2.27. The maximum absolute atomic E-state index is 15.1. The number of likely N-dealkylation sites (tertiary alicyclic amines) is 6. The molecule has 16 rings (SSSR count). The lowest BCUT2D eigenvalue weighted by molar-refractivity contribution is -0.137. The number of amides is 6. The van der Waals surface area contributed by atoms with E-state index in [1.54, 1.807) is 30.1 Å². The second-order valence-electron chi connectivity index (χ2n) is 33.1. The summed E-state index contributed by atoms with van der Waals surface area (Å²) in [4.78, 5) is 263. The Morgan fingerprint density at radius 3 is 0.805 bits per heavy atom. The van der Waals surface area contributed by atoms with E-state index in [1.165, 1.54) is 53.8 Å². The zero-order chi connectivity index (χ0) is 90.4. The fourth-order valence-corrected chi connectivity index (χ4v) is 18.9. The third-order valence-corrected chi connectivity index (χ3v) is 25.1. The fraction of sp³-hybridized carbons (Fsp3) is 0.533. The number of nitrogens with two attached hydrogens (primary N) is 5. The summed E-state index contributed by atoms with van der Waals surface area (Å²) in [6.07, 6.45) is 9.29. The maximum atomic E-state index is 15.1. The maximum Gasteiger partial charge on any atom is 0.328 e. The van der Waals surface area contributed by atoms with Crippen LogP contribution in [0.3, 0.4) is 0 Å². The number of H-pyrrole nitrogens is 6. The van der Waals surface area contributed by atoms with Gasteiger partial charge >= 0.3 is 17.3 Å². The first kappa shape index (κ1) is 87.4. The van der Waals surface area contributed by atoms with Gasteiger partial charge in [-0.3, -0.25) is 131 Å². The molecule has 0 radical (unpaired) electrons. The third-order valence-electron chi connectivity index (χ3n) is 25.1. The second kappa shape index (κ2) is 36.5. The molecule has 6 fully saturated rings. The van der Waals surface area contributed by atoms with Crippen molar-refractivity contribution in [3.05, 3.63) is 132 Å². The normalized spacial score (nSPS) is 23.1. The van der Waals surface area contributed by atoms with E-state index >= 15 is 9.59 Å². The van der Waals surface area contributed by atoms with Gasteiger partial charge in [-0.25, -0.2) is 29.5 Å². The highest BCUT2D eigenvalue weighted by Gasteiger charge is 2.46. The van der Waals surface area contributed by atoms with Gasteiger partial charge in [-0.15, -0.1) is 0 Å². The van der Waals surface area contributed by atoms with Crippen molar-refractivity contribution in [2.24, 2.45) is 5.73 Å². The van der Waals surface area contributed by atoms with Crippen LogP contribution in [0.15, 0.2) is 76.1 Å². The van der Waals surface area contributed by atoms with Crippen LogP contribution in [0.5, 0.6) is 0 Å². The number of fused-ring (bicyclic) bond motifs is 4. The topological polar surface area (TPSA) is 725 Å². The molecule has 6 aliphatic rings. The molecular weight excluding hydrogens is 1680 g/mol. The standard InChI is InChI=1S/C75H99N37O16/c1-35-23-107(74(127)99-58(35)115)37-17-43(101(25-37)11-4-76)61(118)82-7-13-103-27-39(109-31-87-50-54(109)91-70(77)95-66(50)123)20-46(103)63(120)84-9-15-105-29-41(111-33-89-52-56(111)93-72(79)97-68(52)125)22-48(105)65(122)86-10-16-106-30-42(112-34-90-53-57(112)94-73(80)98-69(53)126)21-47(106)64(121)85-8-14-104-28-40(110-32-88-51-55(110)92-71(78)96-67(51)124)19-45(104)62(119)83-6-12-102-26-38(108-24-36(2)59(116)100-75(108)128)18-44(102)60(117)81-5-3-49(113)114/h23-24,31-34,37-48H,3-22,25-30,76H2,1-2H3,(H,81,117)(H,82,118)(H,83,119)(H,84,120)(H,85,121)(H,86,122)(H,113,114)(H,99,115,127)(H,100,116,128)(H3,77,91,95,123)(H3,78,92,96,124)(H3,79,93,97,125)(H3,80,94,98,126)/t37-,38-,39-,40-,41-,42-,43-,44-,45-,46-,47-,48-/m0/s1. The number of carboxylic acids is 1. The smallest absolute Gasteiger partial charge is 0.328 e. The van der Waals surface area contributed by atoms with E-state index in [0.29, 0.717) is 18.7 Å². The van der Waals surface area contributed by atoms with Crippen LogP contribution in [0.25, 0.3) is 44.7 Å². The minimum Gasteiger partial charge on any atom is -0.481 e. The van der Waals surface area contributed by atoms with E-state index in [-0.39, 0.29) is 236 Å². The zero-order valence-corrected chi connectivity index (χ0v) is 69.7. The molecular formula is C75H99N37O16. The van der Waals surface area contributed by atoms with Crippen LogP contribution in [-0.4, -0.2) is 334 Å². The Kier molecular flexibility index (Phi) is 24.9. The Morgan fingerprint density at radius 1 is 0.344 bits per heavy atom. The van der Waals surface area contributed by atoms with E-state index in [9.17, 15) is 67.4 Å². The number of carboxylic acid groups (broad SMARTS) is 1. The van der Waals surface area contributed by atoms with E-state index < -0.39 is 153 Å². The lowest BCUT2D eigenvalue weighted by Crippen LogP contribution is -2.51. The van der Waals surface area contributed by atoms with Gasteiger partial charge in [-0.1, -0.05) is 0 Å². The van der Waals surface area contributed by atoms with Gasteiger partial charge in [-0.2, -0.15) is 19.9 Å². The molecule has 680 valence electrons. The number of nitrogen functional groups attached to an aromatic ring is 4. The van der Waals surface area contributed by atoms with Crippen molar-refractivity contribution in [1.82, 2.24) is 158 Å². The summed E-state index contributed by atoms with van der Waals surface area (Å²) in [6, 6.07) is -8.26. The van der Waals surface area contributed by atoms with Crippen LogP contribution >= 0.6 is 0 Å². The second-order valence-corrected chi connectivity index (χ2v) is 33.1. The van der Waals surface area contributed by atoms with Crippen molar-refractivity contribution in [1.29, 1.82) is 0 Å². The SMILES string of the molecule is Cc1cn([C@H]2C[C@@H](C(=O)NCCN3C[C@@H](n4cnc5c(=O)[nH]c(N)nc54)C[C@H]3C(=O)NCCN3C[C@@H](n4cnc5c(=O)[nH]c(N)nc54)C[C@H]3C(=O)NCCN3C[C@@H](n4cnc5c(=O)[nH]c(N)nc54)C[C@H]3C(=O)NCCN3C[C@@H](n4cnc5c(=O)[nH]c(N)nc54)C[C@H]3C(=O)NCCN3C[C@@H](n4cc(C)c(=O)[nH]c4=O)C[C@H]3C(=O)NCCC(=O)O)N(CCN)C2)c(=O)[nH]c1=O. The number of carbonyl (C=O) groups is 7. The first-order valence-electron chi connectivity index (χ1n) is 42.0. The van der Waals surface area contributed by atoms with Gasteiger partial charge in [-0.05, 0) is 52.4 Å². The summed E-state index contributed by atoms with van der Waals surface area (Å²) in [5.41, 5.74) is 26.9. The largest absolute Gasteiger partial charge is 0.481 e. The number of anilines is 4. The minimum atomic E-state index is -1.13. The summed E-state index contributed by atoms with van der Waals surface area (Å²) in [7, 11) is 0. The molecule has 12 atom stereocenters. The molecule has 0 aliphatic carbocycles. The Balaban J connectivity index is 0.605. The average molecular weight is 1770 g/mol. The lowest BCUT2D eigenvalue weighted by atomic mass is 10.1. The molecule has 23 N–H and O–H groups in total. The number of nitrogens with zero attached hydrogens (tertiary/aromatic N) is 20. The monoisotopic (exact) mass is 1770 g/mol. The molecule has 0 spiro atoms. The van der Waals surface area contributed by atoms with Gasteiger partial charge in [0.15, 0.2) is 44.7 Å². The highest BCUT2D eigenvalue weighted by molar-refractivity contribution is 5.86. The van der Waals surface area contributed by atoms with Crippen LogP contribution in [0.4, 0.5) is 23.8 Å². The molecule has 10 aromatic heterocycles. The van der Waals surface area contributed by atoms with E-state index in [2.05, 4.69) is 102 Å². The Labute approximate surface area is 720 Å². The van der Waals surface area contributed by atoms with E-state index in [4.69, 9.17) is 28.7 Å². The van der Waals surface area contributed by atoms with Gasteiger partial charge in [0, 0.05) is 148 Å². The minimum absolute atomic E-state index is 0.00241. The Hall–Kier alpha value is -14.0. The van der Waals surface area contributed by atoms with Crippen molar-refractivity contribution in [2.75, 3.05) is 147 Å².